The van der Waals surface area contributed by atoms with Crippen molar-refractivity contribution < 1.29 is 9.84 Å². The van der Waals surface area contributed by atoms with Crippen LogP contribution in [-0.4, -0.2) is 33.3 Å². The largest absolute Gasteiger partial charge is 0.493 e. The Kier molecular flexibility index (Phi) is 4.03. The van der Waals surface area contributed by atoms with Gasteiger partial charge in [-0.15, -0.1) is 5.10 Å². The minimum Gasteiger partial charge on any atom is -0.493 e. The van der Waals surface area contributed by atoms with Gasteiger partial charge in [0.2, 0.25) is 0 Å². The second-order valence-electron chi connectivity index (χ2n) is 4.89. The fourth-order valence-electron chi connectivity index (χ4n) is 2.43. The third-order valence-corrected chi connectivity index (χ3v) is 3.79. The summed E-state index contributed by atoms with van der Waals surface area (Å²) in [7, 11) is 0. The number of nitrogens with zero attached hydrogens (tertiary/aromatic N) is 3. The summed E-state index contributed by atoms with van der Waals surface area (Å²) in [6.45, 7) is 1.58. The van der Waals surface area contributed by atoms with E-state index in [9.17, 15) is 0 Å². The van der Waals surface area contributed by atoms with E-state index in [0.29, 0.717) is 13.0 Å². The van der Waals surface area contributed by atoms with Crippen molar-refractivity contribution in [3.8, 4) is 5.75 Å². The van der Waals surface area contributed by atoms with Crippen molar-refractivity contribution in [3.05, 3.63) is 39.6 Å². The number of hydrogen-bond acceptors (Lipinski definition) is 4. The molecule has 0 unspecified atom stereocenters. The lowest BCUT2D eigenvalue weighted by Crippen LogP contribution is -2.02. The van der Waals surface area contributed by atoms with Crippen molar-refractivity contribution in [2.24, 2.45) is 0 Å². The lowest BCUT2D eigenvalue weighted by Gasteiger charge is -2.08. The maximum atomic E-state index is 8.83. The van der Waals surface area contributed by atoms with E-state index in [1.54, 1.807) is 0 Å². The number of halogens is 1. The maximum Gasteiger partial charge on any atom is 0.127 e. The molecule has 0 spiro atoms. The number of benzene rings is 1. The van der Waals surface area contributed by atoms with Crippen LogP contribution in [0.1, 0.15) is 23.2 Å². The van der Waals surface area contributed by atoms with Gasteiger partial charge >= 0.3 is 0 Å². The molecule has 106 valence electrons. The molecule has 1 aliphatic heterocycles. The molecule has 0 radical (unpaired) electrons. The Hall–Kier alpha value is -1.40. The monoisotopic (exact) mass is 337 g/mol. The minimum atomic E-state index is 0.180. The van der Waals surface area contributed by atoms with E-state index in [1.807, 2.05) is 10.9 Å². The molecule has 1 aromatic heterocycles. The number of fused-ring (bicyclic) bond motifs is 1. The van der Waals surface area contributed by atoms with Crippen molar-refractivity contribution in [1.82, 2.24) is 15.0 Å². The van der Waals surface area contributed by atoms with E-state index < -0.39 is 0 Å². The number of aliphatic hydroxyl groups excluding tert-OH is 1. The molecule has 0 atom stereocenters. The highest BCUT2D eigenvalue weighted by atomic mass is 79.9. The van der Waals surface area contributed by atoms with Crippen LogP contribution in [0, 0.1) is 0 Å². The molecule has 2 aromatic rings. The molecular weight excluding hydrogens is 322 g/mol. The Morgan fingerprint density at radius 2 is 2.30 bits per heavy atom. The molecule has 0 amide bonds. The zero-order chi connectivity index (χ0) is 13.9. The normalized spacial score (nSPS) is 13.3. The standard InChI is InChI=1S/C14H16BrN3O2/c15-12-6-10-3-5-20-14(10)11(7-12)8-18-9-13(16-17-18)2-1-4-19/h6-7,9,19H,1-5,8H2. The van der Waals surface area contributed by atoms with Crippen LogP contribution < -0.4 is 4.74 Å². The molecule has 1 aromatic carbocycles. The van der Waals surface area contributed by atoms with Gasteiger partial charge in [0.25, 0.3) is 0 Å². The van der Waals surface area contributed by atoms with Crippen molar-refractivity contribution in [2.75, 3.05) is 13.2 Å². The van der Waals surface area contributed by atoms with Gasteiger partial charge < -0.3 is 9.84 Å². The van der Waals surface area contributed by atoms with Gasteiger partial charge in [0.15, 0.2) is 0 Å². The number of hydrogen-bond donors (Lipinski definition) is 1. The third kappa shape index (κ3) is 2.86. The predicted molar refractivity (Wildman–Crippen MR) is 77.9 cm³/mol. The summed E-state index contributed by atoms with van der Waals surface area (Å²) in [5, 5.41) is 17.1. The Morgan fingerprint density at radius 1 is 1.40 bits per heavy atom. The zero-order valence-corrected chi connectivity index (χ0v) is 12.6. The van der Waals surface area contributed by atoms with Crippen LogP contribution >= 0.6 is 15.9 Å². The van der Waals surface area contributed by atoms with Crippen molar-refractivity contribution in [1.29, 1.82) is 0 Å². The molecule has 1 N–H and O–H groups in total. The summed E-state index contributed by atoms with van der Waals surface area (Å²) in [5.41, 5.74) is 3.27. The molecule has 3 rings (SSSR count). The molecule has 0 fully saturated rings. The molecule has 0 saturated carbocycles. The van der Waals surface area contributed by atoms with E-state index in [0.717, 1.165) is 40.9 Å². The number of aromatic nitrogens is 3. The first kappa shape index (κ1) is 13.6. The Morgan fingerprint density at radius 3 is 3.15 bits per heavy atom. The minimum absolute atomic E-state index is 0.180. The fourth-order valence-corrected chi connectivity index (χ4v) is 2.98. The van der Waals surface area contributed by atoms with Gasteiger partial charge in [-0.3, -0.25) is 0 Å². The Bertz CT molecular complexity index is 612. The van der Waals surface area contributed by atoms with Crippen molar-refractivity contribution in [3.63, 3.8) is 0 Å². The van der Waals surface area contributed by atoms with Crippen LogP contribution in [0.4, 0.5) is 0 Å². The highest BCUT2D eigenvalue weighted by Gasteiger charge is 2.18. The van der Waals surface area contributed by atoms with Crippen molar-refractivity contribution >= 4 is 15.9 Å². The molecule has 0 bridgehead atoms. The molecular formula is C14H16BrN3O2. The second kappa shape index (κ2) is 5.93. The lowest BCUT2D eigenvalue weighted by atomic mass is 10.1. The average Bonchev–Trinajstić information content (AvgIpc) is 3.05. The number of aliphatic hydroxyl groups is 1. The SMILES string of the molecule is OCCCc1cn(Cc2cc(Br)cc3c2OCC3)nn1. The first-order valence-corrected chi connectivity index (χ1v) is 7.49. The number of ether oxygens (including phenoxy) is 1. The lowest BCUT2D eigenvalue weighted by molar-refractivity contribution is 0.288. The van der Waals surface area contributed by atoms with Gasteiger partial charge in [0.05, 0.1) is 18.8 Å². The molecule has 0 saturated heterocycles. The van der Waals surface area contributed by atoms with Crippen molar-refractivity contribution in [2.45, 2.75) is 25.8 Å². The molecule has 20 heavy (non-hydrogen) atoms. The van der Waals surface area contributed by atoms with Crippen LogP contribution in [0.5, 0.6) is 5.75 Å². The van der Waals surface area contributed by atoms with Crippen LogP contribution in [0.25, 0.3) is 0 Å². The van der Waals surface area contributed by atoms with Gasteiger partial charge in [0, 0.05) is 29.3 Å². The summed E-state index contributed by atoms with van der Waals surface area (Å²) in [6.07, 6.45) is 4.36. The maximum absolute atomic E-state index is 8.83. The van der Waals surface area contributed by atoms with Gasteiger partial charge in [-0.05, 0) is 30.5 Å². The molecule has 1 aliphatic rings. The Labute approximate surface area is 125 Å². The van der Waals surface area contributed by atoms with E-state index in [2.05, 4.69) is 38.4 Å². The van der Waals surface area contributed by atoms with E-state index >= 15 is 0 Å². The van der Waals surface area contributed by atoms with E-state index in [-0.39, 0.29) is 6.61 Å². The molecule has 5 nitrogen and oxygen atoms in total. The number of aryl methyl sites for hydroxylation is 1. The first-order valence-electron chi connectivity index (χ1n) is 6.70. The highest BCUT2D eigenvalue weighted by molar-refractivity contribution is 9.10. The topological polar surface area (TPSA) is 60.2 Å². The number of rotatable bonds is 5. The van der Waals surface area contributed by atoms with Gasteiger partial charge in [-0.2, -0.15) is 0 Å². The van der Waals surface area contributed by atoms with Crippen LogP contribution in [0.3, 0.4) is 0 Å². The van der Waals surface area contributed by atoms with E-state index in [4.69, 9.17) is 9.84 Å². The fraction of sp³-hybridized carbons (Fsp3) is 0.429. The summed E-state index contributed by atoms with van der Waals surface area (Å²) in [6, 6.07) is 4.18. The summed E-state index contributed by atoms with van der Waals surface area (Å²) >= 11 is 3.54. The van der Waals surface area contributed by atoms with Gasteiger partial charge in [0.1, 0.15) is 5.75 Å². The van der Waals surface area contributed by atoms with Crippen LogP contribution in [0.2, 0.25) is 0 Å². The quantitative estimate of drug-likeness (QED) is 0.905. The van der Waals surface area contributed by atoms with Crippen LogP contribution in [0.15, 0.2) is 22.8 Å². The predicted octanol–water partition coefficient (Wildman–Crippen LogP) is 1.95. The highest BCUT2D eigenvalue weighted by Crippen LogP contribution is 2.33. The first-order chi connectivity index (χ1) is 9.76. The molecule has 2 heterocycles. The van der Waals surface area contributed by atoms with Gasteiger partial charge in [-0.25, -0.2) is 4.68 Å². The van der Waals surface area contributed by atoms with E-state index in [1.165, 1.54) is 5.56 Å². The summed E-state index contributed by atoms with van der Waals surface area (Å²) in [4.78, 5) is 0. The second-order valence-corrected chi connectivity index (χ2v) is 5.80. The molecule has 6 heteroatoms. The van der Waals surface area contributed by atoms with Gasteiger partial charge in [-0.1, -0.05) is 21.1 Å². The average molecular weight is 338 g/mol. The Balaban J connectivity index is 1.79. The zero-order valence-electron chi connectivity index (χ0n) is 11.0. The smallest absolute Gasteiger partial charge is 0.127 e. The molecule has 0 aliphatic carbocycles. The summed E-state index contributed by atoms with van der Waals surface area (Å²) in [5.74, 6) is 0.987. The third-order valence-electron chi connectivity index (χ3n) is 3.33. The van der Waals surface area contributed by atoms with Crippen LogP contribution in [-0.2, 0) is 19.4 Å². The summed E-state index contributed by atoms with van der Waals surface area (Å²) < 4.78 is 8.60.